The Labute approximate surface area is 127 Å². The van der Waals surface area contributed by atoms with Crippen molar-refractivity contribution in [2.45, 2.75) is 59.0 Å². The molecule has 0 fully saturated rings. The van der Waals surface area contributed by atoms with Crippen LogP contribution < -0.4 is 4.74 Å². The standard InChI is InChI=1S/C17H25ClO2/c1-4-6-8-14(5-2)11-17(19)13(3)20-16-10-7-9-15(18)12-16/h7,9-10,12-14H,4-6,8,11H2,1-3H3. The number of ketones is 1. The molecule has 0 saturated carbocycles. The first-order valence-electron chi connectivity index (χ1n) is 7.51. The third-order valence-corrected chi connectivity index (χ3v) is 3.83. The van der Waals surface area contributed by atoms with E-state index < -0.39 is 6.10 Å². The average Bonchev–Trinajstić information content (AvgIpc) is 2.43. The second-order valence-electron chi connectivity index (χ2n) is 5.30. The molecule has 0 amide bonds. The Kier molecular flexibility index (Phi) is 7.68. The van der Waals surface area contributed by atoms with E-state index in [0.29, 0.717) is 23.1 Å². The average molecular weight is 297 g/mol. The Balaban J connectivity index is 2.49. The van der Waals surface area contributed by atoms with Gasteiger partial charge in [-0.1, -0.05) is 57.2 Å². The summed E-state index contributed by atoms with van der Waals surface area (Å²) in [6.45, 7) is 6.14. The van der Waals surface area contributed by atoms with E-state index >= 15 is 0 Å². The summed E-state index contributed by atoms with van der Waals surface area (Å²) in [6, 6.07) is 7.17. The number of rotatable bonds is 9. The smallest absolute Gasteiger partial charge is 0.173 e. The van der Waals surface area contributed by atoms with Gasteiger partial charge >= 0.3 is 0 Å². The summed E-state index contributed by atoms with van der Waals surface area (Å²) in [6.07, 6.45) is 4.74. The van der Waals surface area contributed by atoms with E-state index in [4.69, 9.17) is 16.3 Å². The fourth-order valence-corrected chi connectivity index (χ4v) is 2.38. The Hall–Kier alpha value is -1.02. The number of benzene rings is 1. The second-order valence-corrected chi connectivity index (χ2v) is 5.74. The van der Waals surface area contributed by atoms with Crippen molar-refractivity contribution in [3.05, 3.63) is 29.3 Å². The van der Waals surface area contributed by atoms with Crippen molar-refractivity contribution in [3.63, 3.8) is 0 Å². The van der Waals surface area contributed by atoms with Crippen molar-refractivity contribution in [1.29, 1.82) is 0 Å². The number of carbonyl (C=O) groups excluding carboxylic acids is 1. The fourth-order valence-electron chi connectivity index (χ4n) is 2.20. The van der Waals surface area contributed by atoms with Gasteiger partial charge in [0.25, 0.3) is 0 Å². The minimum atomic E-state index is -0.413. The zero-order chi connectivity index (χ0) is 15.0. The number of Topliss-reactive ketones (excluding diaryl/α,β-unsaturated/α-hetero) is 1. The number of carbonyl (C=O) groups is 1. The third-order valence-electron chi connectivity index (χ3n) is 3.60. The Bertz CT molecular complexity index is 417. The first kappa shape index (κ1) is 17.0. The molecule has 0 heterocycles. The van der Waals surface area contributed by atoms with Gasteiger partial charge in [-0.15, -0.1) is 0 Å². The van der Waals surface area contributed by atoms with Crippen molar-refractivity contribution < 1.29 is 9.53 Å². The van der Waals surface area contributed by atoms with Gasteiger partial charge in [-0.3, -0.25) is 4.79 Å². The van der Waals surface area contributed by atoms with Gasteiger partial charge < -0.3 is 4.74 Å². The van der Waals surface area contributed by atoms with Crippen LogP contribution in [-0.2, 0) is 4.79 Å². The minimum absolute atomic E-state index is 0.174. The van der Waals surface area contributed by atoms with Gasteiger partial charge in [-0.2, -0.15) is 0 Å². The van der Waals surface area contributed by atoms with Gasteiger partial charge in [-0.05, 0) is 31.0 Å². The Morgan fingerprint density at radius 2 is 2.10 bits per heavy atom. The van der Waals surface area contributed by atoms with Crippen LogP contribution in [0.4, 0.5) is 0 Å². The molecule has 112 valence electrons. The number of hydrogen-bond acceptors (Lipinski definition) is 2. The topological polar surface area (TPSA) is 26.3 Å². The van der Waals surface area contributed by atoms with Crippen LogP contribution in [0.15, 0.2) is 24.3 Å². The zero-order valence-corrected chi connectivity index (χ0v) is 13.5. The molecule has 2 unspecified atom stereocenters. The van der Waals surface area contributed by atoms with Crippen LogP contribution in [0.25, 0.3) is 0 Å². The second kappa shape index (κ2) is 9.02. The van der Waals surface area contributed by atoms with Gasteiger partial charge in [0.15, 0.2) is 11.9 Å². The van der Waals surface area contributed by atoms with Gasteiger partial charge in [-0.25, -0.2) is 0 Å². The number of unbranched alkanes of at least 4 members (excludes halogenated alkanes) is 1. The molecule has 2 atom stereocenters. The van der Waals surface area contributed by atoms with Crippen LogP contribution in [0.2, 0.25) is 5.02 Å². The molecule has 0 aliphatic rings. The molecule has 0 bridgehead atoms. The first-order chi connectivity index (χ1) is 9.56. The monoisotopic (exact) mass is 296 g/mol. The summed E-state index contributed by atoms with van der Waals surface area (Å²) >= 11 is 5.91. The number of halogens is 1. The van der Waals surface area contributed by atoms with Crippen LogP contribution in [-0.4, -0.2) is 11.9 Å². The van der Waals surface area contributed by atoms with Crippen LogP contribution in [0.5, 0.6) is 5.75 Å². The molecule has 0 aliphatic carbocycles. The van der Waals surface area contributed by atoms with Crippen molar-refractivity contribution in [2.24, 2.45) is 5.92 Å². The third kappa shape index (κ3) is 5.96. The zero-order valence-electron chi connectivity index (χ0n) is 12.7. The number of hydrogen-bond donors (Lipinski definition) is 0. The van der Waals surface area contributed by atoms with E-state index in [1.165, 1.54) is 12.8 Å². The van der Waals surface area contributed by atoms with Gasteiger partial charge in [0.05, 0.1) is 0 Å². The molecule has 1 aromatic rings. The summed E-state index contributed by atoms with van der Waals surface area (Å²) in [5.74, 6) is 1.31. The van der Waals surface area contributed by atoms with Crippen LogP contribution >= 0.6 is 11.6 Å². The van der Waals surface area contributed by atoms with Crippen molar-refractivity contribution in [2.75, 3.05) is 0 Å². The molecule has 1 aromatic carbocycles. The van der Waals surface area contributed by atoms with E-state index in [0.717, 1.165) is 12.8 Å². The highest BCUT2D eigenvalue weighted by molar-refractivity contribution is 6.30. The SMILES string of the molecule is CCCCC(CC)CC(=O)C(C)Oc1cccc(Cl)c1. The molecule has 0 spiro atoms. The molecular formula is C17H25ClO2. The first-order valence-corrected chi connectivity index (χ1v) is 7.89. The van der Waals surface area contributed by atoms with Crippen LogP contribution in [0, 0.1) is 5.92 Å². The highest BCUT2D eigenvalue weighted by atomic mass is 35.5. The molecule has 2 nitrogen and oxygen atoms in total. The van der Waals surface area contributed by atoms with Crippen LogP contribution in [0.3, 0.4) is 0 Å². The molecule has 3 heteroatoms. The van der Waals surface area contributed by atoms with Crippen molar-refractivity contribution in [3.8, 4) is 5.75 Å². The summed E-state index contributed by atoms with van der Waals surface area (Å²) in [5.41, 5.74) is 0. The fraction of sp³-hybridized carbons (Fsp3) is 0.588. The van der Waals surface area contributed by atoms with E-state index in [1.54, 1.807) is 12.1 Å². The van der Waals surface area contributed by atoms with E-state index in [2.05, 4.69) is 13.8 Å². The van der Waals surface area contributed by atoms with E-state index in [1.807, 2.05) is 19.1 Å². The molecule has 20 heavy (non-hydrogen) atoms. The molecule has 0 aromatic heterocycles. The maximum atomic E-state index is 12.2. The predicted molar refractivity (Wildman–Crippen MR) is 84.5 cm³/mol. The molecule has 0 N–H and O–H groups in total. The van der Waals surface area contributed by atoms with Crippen molar-refractivity contribution >= 4 is 17.4 Å². The van der Waals surface area contributed by atoms with Crippen molar-refractivity contribution in [1.82, 2.24) is 0 Å². The summed E-state index contributed by atoms with van der Waals surface area (Å²) < 4.78 is 5.67. The lowest BCUT2D eigenvalue weighted by molar-refractivity contribution is -0.126. The van der Waals surface area contributed by atoms with E-state index in [-0.39, 0.29) is 5.78 Å². The summed E-state index contributed by atoms with van der Waals surface area (Å²) in [7, 11) is 0. The number of ether oxygens (including phenoxy) is 1. The largest absolute Gasteiger partial charge is 0.483 e. The lowest BCUT2D eigenvalue weighted by atomic mass is 9.92. The lowest BCUT2D eigenvalue weighted by Gasteiger charge is -2.18. The summed E-state index contributed by atoms with van der Waals surface area (Å²) in [4.78, 5) is 12.2. The van der Waals surface area contributed by atoms with E-state index in [9.17, 15) is 4.79 Å². The van der Waals surface area contributed by atoms with Crippen LogP contribution in [0.1, 0.15) is 52.9 Å². The minimum Gasteiger partial charge on any atom is -0.483 e. The highest BCUT2D eigenvalue weighted by Gasteiger charge is 2.19. The molecular weight excluding hydrogens is 272 g/mol. The predicted octanol–water partition coefficient (Wildman–Crippen LogP) is 5.28. The Morgan fingerprint density at radius 1 is 1.35 bits per heavy atom. The normalized spacial score (nSPS) is 13.8. The molecule has 0 saturated heterocycles. The molecule has 0 radical (unpaired) electrons. The lowest BCUT2D eigenvalue weighted by Crippen LogP contribution is -2.25. The Morgan fingerprint density at radius 3 is 2.70 bits per heavy atom. The highest BCUT2D eigenvalue weighted by Crippen LogP contribution is 2.21. The molecule has 0 aliphatic heterocycles. The van der Waals surface area contributed by atoms with Gasteiger partial charge in [0, 0.05) is 11.4 Å². The molecule has 1 rings (SSSR count). The quantitative estimate of drug-likeness (QED) is 0.619. The summed E-state index contributed by atoms with van der Waals surface area (Å²) in [5, 5.41) is 0.622. The van der Waals surface area contributed by atoms with Gasteiger partial charge in [0.1, 0.15) is 5.75 Å². The maximum Gasteiger partial charge on any atom is 0.173 e. The maximum absolute atomic E-state index is 12.2. The van der Waals surface area contributed by atoms with Gasteiger partial charge in [0.2, 0.25) is 0 Å².